The Morgan fingerprint density at radius 3 is 1.86 bits per heavy atom. The van der Waals surface area contributed by atoms with Crippen LogP contribution in [-0.2, 0) is 17.9 Å². The van der Waals surface area contributed by atoms with E-state index < -0.39 is 7.26 Å². The molecule has 5 rings (SSSR count). The van der Waals surface area contributed by atoms with Crippen LogP contribution in [0.1, 0.15) is 48.4 Å². The number of rotatable bonds is 6. The zero-order valence-corrected chi connectivity index (χ0v) is 28.6. The van der Waals surface area contributed by atoms with Gasteiger partial charge in [0.25, 0.3) is 0 Å². The molecule has 0 N–H and O–H groups in total. The summed E-state index contributed by atoms with van der Waals surface area (Å²) in [6.45, 7) is 6.39. The molecule has 0 saturated heterocycles. The first-order chi connectivity index (χ1) is 20.6. The molecule has 1 aliphatic carbocycles. The van der Waals surface area contributed by atoms with Crippen molar-refractivity contribution < 1.29 is 17.9 Å². The summed E-state index contributed by atoms with van der Waals surface area (Å²) in [5.74, 6) is 7.38. The van der Waals surface area contributed by atoms with Crippen LogP contribution in [0.3, 0.4) is 0 Å². The van der Waals surface area contributed by atoms with Gasteiger partial charge >= 0.3 is 267 Å². The van der Waals surface area contributed by atoms with E-state index in [0.29, 0.717) is 0 Å². The molecule has 0 aliphatic heterocycles. The molecule has 1 fully saturated rings. The molecular weight excluding hydrogens is 722 g/mol. The molecule has 1 saturated carbocycles. The van der Waals surface area contributed by atoms with Crippen LogP contribution >= 0.6 is 18.6 Å². The number of allylic oxidation sites excluding steroid dienone is 7. The maximum atomic E-state index is 3.80. The van der Waals surface area contributed by atoms with Gasteiger partial charge in [0.1, 0.15) is 0 Å². The minimum absolute atomic E-state index is 1.08. The third-order valence-electron chi connectivity index (χ3n) is 7.65. The summed E-state index contributed by atoms with van der Waals surface area (Å²) in [5.41, 5.74) is 5.15. The van der Waals surface area contributed by atoms with E-state index in [1.165, 1.54) is 49.2 Å². The van der Waals surface area contributed by atoms with Crippen LogP contribution in [0.5, 0.6) is 0 Å². The Labute approximate surface area is 266 Å². The average Bonchev–Trinajstić information content (AvgIpc) is 3.64. The molecule has 1 aliphatic rings. The SMILES string of the molecule is CC=C1CCCC1=CC(C#Cc1sc(/C=C/C)cc1C)=C([C]#[Os])[P+](c1ccccc1)(c1ccccc1)c1ccccc1. The number of benzene rings is 3. The molecule has 4 aromatic rings. The van der Waals surface area contributed by atoms with Crippen molar-refractivity contribution in [1.82, 2.24) is 0 Å². The Morgan fingerprint density at radius 2 is 1.36 bits per heavy atom. The van der Waals surface area contributed by atoms with E-state index in [9.17, 15) is 0 Å². The van der Waals surface area contributed by atoms with Crippen LogP contribution in [0.25, 0.3) is 6.08 Å². The second-order valence-electron chi connectivity index (χ2n) is 10.3. The Bertz CT molecular complexity index is 1670. The normalized spacial score (nSPS) is 15.9. The molecule has 0 spiro atoms. The number of hydrogen-bond acceptors (Lipinski definition) is 1. The molecule has 0 unspecified atom stereocenters. The second-order valence-corrected chi connectivity index (χ2v) is 15.3. The molecule has 1 aromatic heterocycles. The molecular formula is C39H35OsPS+. The number of thiophene rings is 1. The van der Waals surface area contributed by atoms with Gasteiger partial charge in [-0.2, -0.15) is 0 Å². The van der Waals surface area contributed by atoms with Gasteiger partial charge in [-0.3, -0.25) is 0 Å². The van der Waals surface area contributed by atoms with E-state index in [2.05, 4.69) is 158 Å². The van der Waals surface area contributed by atoms with E-state index in [1.54, 1.807) is 11.3 Å². The molecule has 1 heterocycles. The summed E-state index contributed by atoms with van der Waals surface area (Å²) >= 11 is 3.58. The van der Waals surface area contributed by atoms with Gasteiger partial charge in [0.2, 0.25) is 0 Å². The van der Waals surface area contributed by atoms with Gasteiger partial charge in [0, 0.05) is 0 Å². The molecule has 0 radical (unpaired) electrons. The fourth-order valence-corrected chi connectivity index (χ4v) is 12.4. The zero-order valence-electron chi connectivity index (χ0n) is 24.4. The predicted molar refractivity (Wildman–Crippen MR) is 182 cm³/mol. The summed E-state index contributed by atoms with van der Waals surface area (Å²) in [4.78, 5) is 2.36. The van der Waals surface area contributed by atoms with Gasteiger partial charge in [-0.1, -0.05) is 0 Å². The fraction of sp³-hybridized carbons (Fsp3) is 0.154. The van der Waals surface area contributed by atoms with Crippen molar-refractivity contribution in [2.45, 2.75) is 40.0 Å². The molecule has 0 nitrogen and oxygen atoms in total. The number of hydrogen-bond donors (Lipinski definition) is 0. The van der Waals surface area contributed by atoms with E-state index in [4.69, 9.17) is 0 Å². The van der Waals surface area contributed by atoms with Crippen molar-refractivity contribution in [2.75, 3.05) is 0 Å². The Balaban J connectivity index is 1.90. The Kier molecular flexibility index (Phi) is 10.3. The van der Waals surface area contributed by atoms with Crippen LogP contribution < -0.4 is 15.9 Å². The van der Waals surface area contributed by atoms with Gasteiger partial charge in [-0.25, -0.2) is 0 Å². The van der Waals surface area contributed by atoms with Crippen molar-refractivity contribution in [1.29, 1.82) is 0 Å². The fourth-order valence-electron chi connectivity index (χ4n) is 5.70. The van der Waals surface area contributed by atoms with Crippen molar-refractivity contribution in [3.63, 3.8) is 0 Å². The topological polar surface area (TPSA) is 0 Å². The van der Waals surface area contributed by atoms with E-state index in [1.807, 2.05) is 17.9 Å². The second kappa shape index (κ2) is 14.3. The summed E-state index contributed by atoms with van der Waals surface area (Å²) in [6.07, 6.45) is 12.3. The van der Waals surface area contributed by atoms with Crippen molar-refractivity contribution >= 4 is 40.6 Å². The Hall–Kier alpha value is -3.27. The van der Waals surface area contributed by atoms with Gasteiger partial charge in [-0.05, 0) is 0 Å². The standard InChI is InChI=1S/C39H35PS.Os/c1-5-17-38-28-30(3)39(41-38)27-26-33(29-34-19-16-18-32(34)6-2)31(4)40(35-20-10-7-11-21-35,36-22-12-8-13-23-36)37-24-14-9-15-25-37;/h5-15,17,20-25,28-29H,16,18-19H2,1-3H3;/q+1;/b17-5+,32-6?,33-31?,34-29?;. The molecule has 0 bridgehead atoms. The van der Waals surface area contributed by atoms with Crippen molar-refractivity contribution in [3.05, 3.63) is 153 Å². The van der Waals surface area contributed by atoms with Gasteiger partial charge < -0.3 is 0 Å². The summed E-state index contributed by atoms with van der Waals surface area (Å²) in [6, 6.07) is 35.4. The monoisotopic (exact) mass is 758 g/mol. The molecule has 209 valence electrons. The first kappa shape index (κ1) is 30.2. The molecule has 3 aromatic carbocycles. The van der Waals surface area contributed by atoms with Gasteiger partial charge in [0.15, 0.2) is 0 Å². The predicted octanol–water partition coefficient (Wildman–Crippen LogP) is 9.25. The molecule has 42 heavy (non-hydrogen) atoms. The van der Waals surface area contributed by atoms with E-state index >= 15 is 0 Å². The molecule has 0 atom stereocenters. The quantitative estimate of drug-likeness (QED) is 0.136. The zero-order chi connectivity index (χ0) is 29.4. The van der Waals surface area contributed by atoms with Crippen LogP contribution in [0.2, 0.25) is 0 Å². The molecule has 3 heteroatoms. The summed E-state index contributed by atoms with van der Waals surface area (Å²) in [5, 5.41) is 5.15. The summed E-state index contributed by atoms with van der Waals surface area (Å²) in [7, 11) is -2.34. The maximum absolute atomic E-state index is 3.80. The van der Waals surface area contributed by atoms with Gasteiger partial charge in [0.05, 0.1) is 0 Å². The Morgan fingerprint density at radius 1 is 0.810 bits per heavy atom. The van der Waals surface area contributed by atoms with E-state index in [0.717, 1.165) is 23.3 Å². The minimum atomic E-state index is -2.34. The van der Waals surface area contributed by atoms with E-state index in [-0.39, 0.29) is 0 Å². The number of aryl methyl sites for hydroxylation is 1. The van der Waals surface area contributed by atoms with Crippen molar-refractivity contribution in [3.8, 4) is 16.2 Å². The van der Waals surface area contributed by atoms with Gasteiger partial charge in [-0.15, -0.1) is 0 Å². The third-order valence-corrected chi connectivity index (χ3v) is 14.2. The third kappa shape index (κ3) is 6.23. The first-order valence-electron chi connectivity index (χ1n) is 14.4. The molecule has 0 amide bonds. The van der Waals surface area contributed by atoms with Crippen LogP contribution in [-0.4, -0.2) is 0 Å². The van der Waals surface area contributed by atoms with Crippen LogP contribution in [0.15, 0.2) is 137 Å². The van der Waals surface area contributed by atoms with Crippen LogP contribution in [0, 0.1) is 23.1 Å². The first-order valence-corrected chi connectivity index (χ1v) is 18.3. The van der Waals surface area contributed by atoms with Crippen molar-refractivity contribution in [2.24, 2.45) is 0 Å². The average molecular weight is 757 g/mol. The van der Waals surface area contributed by atoms with Crippen LogP contribution in [0.4, 0.5) is 0 Å². The summed E-state index contributed by atoms with van der Waals surface area (Å²) < 4.78 is 3.80.